The van der Waals surface area contributed by atoms with Gasteiger partial charge < -0.3 is 14.4 Å². The highest BCUT2D eigenvalue weighted by Crippen LogP contribution is 2.65. The van der Waals surface area contributed by atoms with Crippen molar-refractivity contribution in [2.45, 2.75) is 206 Å². The van der Waals surface area contributed by atoms with Crippen LogP contribution in [0.25, 0.3) is 27.5 Å². The molecule has 4 atom stereocenters. The number of aromatic nitrogens is 1. The highest BCUT2D eigenvalue weighted by atomic mass is 15.3. The summed E-state index contributed by atoms with van der Waals surface area (Å²) in [6.07, 6.45) is 9.94. The molecule has 6 aliphatic rings. The van der Waals surface area contributed by atoms with Crippen LogP contribution >= 0.6 is 0 Å². The van der Waals surface area contributed by atoms with Gasteiger partial charge in [0.2, 0.25) is 0 Å². The minimum Gasteiger partial charge on any atom is -0.335 e. The normalized spacial score (nSPS) is 26.5. The first kappa shape index (κ1) is 42.9. The second-order valence-electron chi connectivity index (χ2n) is 27.4. The molecule has 0 spiro atoms. The molecule has 342 valence electrons. The monoisotopic (exact) mass is 874 g/mol. The van der Waals surface area contributed by atoms with Gasteiger partial charge >= 0.3 is 0 Å². The molecule has 5 aromatic carbocycles. The van der Waals surface area contributed by atoms with Crippen LogP contribution in [0.4, 0.5) is 22.7 Å². The summed E-state index contributed by atoms with van der Waals surface area (Å²) in [4.78, 5) is 5.86. The molecule has 0 radical (unpaired) electrons. The van der Waals surface area contributed by atoms with Crippen LogP contribution in [0.15, 0.2) is 72.8 Å². The predicted molar refractivity (Wildman–Crippen MR) is 286 cm³/mol. The van der Waals surface area contributed by atoms with Crippen molar-refractivity contribution < 1.29 is 0 Å². The molecular formula is C62H76BN3. The number of hydrogen-bond acceptors (Lipinski definition) is 2. The molecule has 4 aliphatic heterocycles. The van der Waals surface area contributed by atoms with Crippen LogP contribution in [0.2, 0.25) is 0 Å². The van der Waals surface area contributed by atoms with Gasteiger partial charge in [0.05, 0.1) is 16.6 Å². The number of nitrogens with zero attached hydrogens (tertiary/aromatic N) is 3. The molecular weight excluding hydrogens is 798 g/mol. The lowest BCUT2D eigenvalue weighted by molar-refractivity contribution is 0.194. The minimum atomic E-state index is -0.0675. The van der Waals surface area contributed by atoms with E-state index in [1.807, 2.05) is 0 Å². The summed E-state index contributed by atoms with van der Waals surface area (Å²) in [5.74, 6) is 0. The van der Waals surface area contributed by atoms with E-state index in [2.05, 4.69) is 198 Å². The van der Waals surface area contributed by atoms with Crippen LogP contribution in [0.1, 0.15) is 196 Å². The van der Waals surface area contributed by atoms with E-state index in [9.17, 15) is 0 Å². The molecule has 6 aromatic rings. The van der Waals surface area contributed by atoms with Crippen molar-refractivity contribution in [2.24, 2.45) is 0 Å². The van der Waals surface area contributed by atoms with E-state index >= 15 is 0 Å². The van der Waals surface area contributed by atoms with E-state index in [0.717, 1.165) is 0 Å². The van der Waals surface area contributed by atoms with Gasteiger partial charge in [-0.1, -0.05) is 159 Å². The third-order valence-electron chi connectivity index (χ3n) is 19.5. The maximum atomic E-state index is 2.98. The summed E-state index contributed by atoms with van der Waals surface area (Å²) in [7, 11) is 0. The Morgan fingerprint density at radius 3 is 1.59 bits per heavy atom. The quantitative estimate of drug-likeness (QED) is 0.152. The SMILES string of the molecule is CC(C)(C)c1ccc2c(c1)C1(C)CCCCC1(C)N2c1cc2c3c(c1)-n1c4ccc(C(C)(C)C)cc4c4cc(C(C)(C)C)cc(c41)B3c1cc(C(C)(C)C)cc3c1N2C1(C)CCCCC31C. The molecule has 1 aromatic heterocycles. The third-order valence-corrected chi connectivity index (χ3v) is 19.5. The van der Waals surface area contributed by atoms with E-state index in [4.69, 9.17) is 0 Å². The maximum Gasteiger partial charge on any atom is 0.252 e. The number of rotatable bonds is 1. The van der Waals surface area contributed by atoms with E-state index in [1.165, 1.54) is 140 Å². The lowest BCUT2D eigenvalue weighted by atomic mass is 9.33. The third kappa shape index (κ3) is 5.23. The molecule has 2 saturated carbocycles. The second-order valence-corrected chi connectivity index (χ2v) is 27.4. The Labute approximate surface area is 397 Å². The fraction of sp³-hybridized carbons (Fsp3) is 0.516. The molecule has 2 fully saturated rings. The molecule has 66 heavy (non-hydrogen) atoms. The largest absolute Gasteiger partial charge is 0.335 e. The number of fused-ring (bicyclic) bond motifs is 13. The zero-order valence-electron chi connectivity index (χ0n) is 43.5. The fourth-order valence-corrected chi connectivity index (χ4v) is 14.9. The Balaban J connectivity index is 1.26. The average Bonchev–Trinajstić information content (AvgIpc) is 3.75. The van der Waals surface area contributed by atoms with E-state index in [0.29, 0.717) is 0 Å². The Bertz CT molecular complexity index is 3120. The summed E-state index contributed by atoms with van der Waals surface area (Å²) in [5, 5.41) is 2.79. The topological polar surface area (TPSA) is 11.4 Å². The van der Waals surface area contributed by atoms with Crippen molar-refractivity contribution in [1.82, 2.24) is 4.57 Å². The van der Waals surface area contributed by atoms with Crippen LogP contribution in [-0.4, -0.2) is 22.4 Å². The lowest BCUT2D eigenvalue weighted by Crippen LogP contribution is -2.64. The first-order chi connectivity index (χ1) is 30.7. The first-order valence-electron chi connectivity index (χ1n) is 26.0. The van der Waals surface area contributed by atoms with Gasteiger partial charge in [-0.3, -0.25) is 0 Å². The van der Waals surface area contributed by atoms with Gasteiger partial charge in [-0.05, 0) is 147 Å². The lowest BCUT2D eigenvalue weighted by Gasteiger charge is -2.53. The Morgan fingerprint density at radius 1 is 0.455 bits per heavy atom. The summed E-state index contributed by atoms with van der Waals surface area (Å²) >= 11 is 0. The van der Waals surface area contributed by atoms with Gasteiger partial charge in [0.15, 0.2) is 0 Å². The predicted octanol–water partition coefficient (Wildman–Crippen LogP) is 14.6. The van der Waals surface area contributed by atoms with E-state index in [1.54, 1.807) is 11.1 Å². The molecule has 3 nitrogen and oxygen atoms in total. The van der Waals surface area contributed by atoms with Crippen LogP contribution in [-0.2, 0) is 32.5 Å². The Morgan fingerprint density at radius 2 is 0.955 bits per heavy atom. The van der Waals surface area contributed by atoms with Gasteiger partial charge in [0.1, 0.15) is 0 Å². The van der Waals surface area contributed by atoms with Gasteiger partial charge in [-0.15, -0.1) is 0 Å². The van der Waals surface area contributed by atoms with Crippen LogP contribution < -0.4 is 26.2 Å². The van der Waals surface area contributed by atoms with Crippen molar-refractivity contribution >= 4 is 67.7 Å². The Kier molecular flexibility index (Phi) is 8.32. The van der Waals surface area contributed by atoms with Crippen molar-refractivity contribution in [3.63, 3.8) is 0 Å². The van der Waals surface area contributed by atoms with Crippen molar-refractivity contribution in [3.05, 3.63) is 106 Å². The smallest absolute Gasteiger partial charge is 0.252 e. The van der Waals surface area contributed by atoms with Gasteiger partial charge in [-0.2, -0.15) is 0 Å². The molecule has 0 N–H and O–H groups in total. The molecule has 4 heteroatoms. The molecule has 5 heterocycles. The minimum absolute atomic E-state index is 0.0148. The molecule has 0 amide bonds. The van der Waals surface area contributed by atoms with Gasteiger partial charge in [-0.25, -0.2) is 0 Å². The maximum absolute atomic E-state index is 2.98. The summed E-state index contributed by atoms with van der Waals surface area (Å²) < 4.78 is 2.76. The molecule has 0 saturated heterocycles. The fourth-order valence-electron chi connectivity index (χ4n) is 14.9. The number of hydrogen-bond donors (Lipinski definition) is 0. The molecule has 4 unspecified atom stereocenters. The molecule has 12 rings (SSSR count). The zero-order chi connectivity index (χ0) is 46.8. The van der Waals surface area contributed by atoms with Crippen LogP contribution in [0.5, 0.6) is 0 Å². The van der Waals surface area contributed by atoms with E-state index in [-0.39, 0.29) is 50.3 Å². The average molecular weight is 874 g/mol. The first-order valence-corrected chi connectivity index (χ1v) is 26.0. The van der Waals surface area contributed by atoms with E-state index < -0.39 is 0 Å². The van der Waals surface area contributed by atoms with Crippen molar-refractivity contribution in [3.8, 4) is 5.69 Å². The standard InChI is InChI=1S/C62H76BN3/c1-55(2,3)37-21-23-48-42(29-37)43-30-39(57(7,8)9)33-46-53(43)64(48)50-35-41(65-49-24-22-38(56(4,5)6)31-44(49)59(13)25-17-19-27-61(59,65)15)36-51-52(50)63(46)47-34-40(58(10,11)12)32-45-54(47)66(51)62(16)28-20-18-26-60(45,62)14/h21-24,29-36H,17-20,25-28H2,1-16H3. The Hall–Kier alpha value is -4.44. The molecule has 2 aliphatic carbocycles. The highest BCUT2D eigenvalue weighted by Gasteiger charge is 2.63. The van der Waals surface area contributed by atoms with Gasteiger partial charge in [0, 0.05) is 55.6 Å². The van der Waals surface area contributed by atoms with Crippen LogP contribution in [0.3, 0.4) is 0 Å². The number of anilines is 4. The molecule has 0 bridgehead atoms. The van der Waals surface area contributed by atoms with Gasteiger partial charge in [0.25, 0.3) is 6.71 Å². The number of benzene rings is 5. The summed E-state index contributed by atoms with van der Waals surface area (Å²) in [6, 6.07) is 31.1. The highest BCUT2D eigenvalue weighted by molar-refractivity contribution is 7.00. The summed E-state index contributed by atoms with van der Waals surface area (Å²) in [5.41, 5.74) is 23.4. The second kappa shape index (κ2) is 12.8. The zero-order valence-corrected chi connectivity index (χ0v) is 43.5. The summed E-state index contributed by atoms with van der Waals surface area (Å²) in [6.45, 7) is 39.5. The van der Waals surface area contributed by atoms with Crippen LogP contribution in [0, 0.1) is 0 Å². The van der Waals surface area contributed by atoms with Crippen molar-refractivity contribution in [2.75, 3.05) is 9.80 Å². The van der Waals surface area contributed by atoms with Crippen molar-refractivity contribution in [1.29, 1.82) is 0 Å².